The summed E-state index contributed by atoms with van der Waals surface area (Å²) in [5, 5.41) is 0. The molecule has 0 spiro atoms. The van der Waals surface area contributed by atoms with Crippen LogP contribution in [0.3, 0.4) is 0 Å². The van der Waals surface area contributed by atoms with E-state index in [0.717, 1.165) is 0 Å². The average molecular weight is 101 g/mol. The van der Waals surface area contributed by atoms with Gasteiger partial charge in [-0.1, -0.05) is 0 Å². The second-order valence-electron chi connectivity index (χ2n) is 3.23. The van der Waals surface area contributed by atoms with Crippen molar-refractivity contribution in [2.24, 2.45) is 0 Å². The van der Waals surface area contributed by atoms with E-state index in [-0.39, 0.29) is 11.2 Å². The number of hydrogen-bond donors (Lipinski definition) is 0. The summed E-state index contributed by atoms with van der Waals surface area (Å²) in [4.78, 5) is 0. The average Bonchev–Trinajstić information content (AvgIpc) is 1.63. The van der Waals surface area contributed by atoms with E-state index in [2.05, 4.69) is 32.4 Å². The highest BCUT2D eigenvalue weighted by atomic mass is 16.6. The minimum absolute atomic E-state index is 0.271. The molecule has 1 saturated heterocycles. The third-order valence-corrected chi connectivity index (χ3v) is 2.01. The summed E-state index contributed by atoms with van der Waals surface area (Å²) >= 11 is 0. The van der Waals surface area contributed by atoms with Gasteiger partial charge in [-0.2, -0.15) is 0 Å². The summed E-state index contributed by atoms with van der Waals surface area (Å²) < 4.78 is 4.32. The summed E-state index contributed by atoms with van der Waals surface area (Å²) in [6.45, 7) is 8.64. The van der Waals surface area contributed by atoms with Crippen molar-refractivity contribution >= 4 is 0 Å². The maximum Gasteiger partial charge on any atom is 0.233 e. The summed E-state index contributed by atoms with van der Waals surface area (Å²) in [7, 11) is 0. The van der Waals surface area contributed by atoms with Crippen LogP contribution < -0.4 is 0 Å². The Morgan fingerprint density at radius 3 is 1.00 bits per heavy atom. The SMILES string of the molecule is CC1(C)[OH+]C1(C)C. The predicted molar refractivity (Wildman–Crippen MR) is 30.4 cm³/mol. The van der Waals surface area contributed by atoms with Crippen molar-refractivity contribution < 1.29 is 4.74 Å². The first-order chi connectivity index (χ1) is 2.96. The van der Waals surface area contributed by atoms with Crippen molar-refractivity contribution in [3.63, 3.8) is 0 Å². The van der Waals surface area contributed by atoms with Crippen LogP contribution in [0, 0.1) is 0 Å². The third kappa shape index (κ3) is 0.556. The molecule has 0 amide bonds. The van der Waals surface area contributed by atoms with E-state index in [9.17, 15) is 0 Å². The minimum atomic E-state index is 0.271. The van der Waals surface area contributed by atoms with Gasteiger partial charge in [-0.15, -0.1) is 0 Å². The van der Waals surface area contributed by atoms with E-state index in [1.165, 1.54) is 0 Å². The number of aliphatic hydroxyl groups is 2. The van der Waals surface area contributed by atoms with Gasteiger partial charge in [-0.05, 0) is 0 Å². The van der Waals surface area contributed by atoms with Crippen molar-refractivity contribution in [3.8, 4) is 0 Å². The fraction of sp³-hybridized carbons (Fsp3) is 1.00. The molecular formula is C6H13O+. The zero-order chi connectivity index (χ0) is 5.71. The first kappa shape index (κ1) is 5.10. The Morgan fingerprint density at radius 1 is 0.857 bits per heavy atom. The molecule has 1 heterocycles. The van der Waals surface area contributed by atoms with Crippen molar-refractivity contribution in [2.45, 2.75) is 38.9 Å². The van der Waals surface area contributed by atoms with Crippen LogP contribution in [0.15, 0.2) is 0 Å². The summed E-state index contributed by atoms with van der Waals surface area (Å²) in [5.41, 5.74) is 0.542. The Hall–Kier alpha value is -0.0400. The van der Waals surface area contributed by atoms with E-state index in [0.29, 0.717) is 0 Å². The smallest absolute Gasteiger partial charge is 0.233 e. The molecule has 1 N–H and O–H groups in total. The van der Waals surface area contributed by atoms with Gasteiger partial charge in [0, 0.05) is 27.7 Å². The van der Waals surface area contributed by atoms with E-state index in [1.807, 2.05) is 0 Å². The lowest BCUT2D eigenvalue weighted by Gasteiger charge is -1.84. The Balaban J connectivity index is 2.59. The van der Waals surface area contributed by atoms with Crippen LogP contribution in [0.2, 0.25) is 0 Å². The zero-order valence-electron chi connectivity index (χ0n) is 5.45. The van der Waals surface area contributed by atoms with Crippen molar-refractivity contribution in [3.05, 3.63) is 0 Å². The van der Waals surface area contributed by atoms with Crippen molar-refractivity contribution in [2.75, 3.05) is 0 Å². The van der Waals surface area contributed by atoms with Gasteiger partial charge in [-0.25, -0.2) is 0 Å². The van der Waals surface area contributed by atoms with Crippen molar-refractivity contribution in [1.29, 1.82) is 0 Å². The van der Waals surface area contributed by atoms with Gasteiger partial charge in [0.1, 0.15) is 0 Å². The van der Waals surface area contributed by atoms with E-state index >= 15 is 0 Å². The fourth-order valence-corrected chi connectivity index (χ4v) is 0.671. The molecule has 1 rings (SSSR count). The molecule has 42 valence electrons. The van der Waals surface area contributed by atoms with Gasteiger partial charge in [0.05, 0.1) is 0 Å². The largest absolute Gasteiger partial charge is 0.413 e. The Morgan fingerprint density at radius 2 is 1.00 bits per heavy atom. The first-order valence-corrected chi connectivity index (χ1v) is 2.70. The lowest BCUT2D eigenvalue weighted by atomic mass is 10.0. The molecule has 0 atom stereocenters. The number of epoxide rings is 1. The normalized spacial score (nSPS) is 32.6. The van der Waals surface area contributed by atoms with Crippen LogP contribution in [-0.4, -0.2) is 15.9 Å². The summed E-state index contributed by atoms with van der Waals surface area (Å²) in [6, 6.07) is 0. The molecule has 0 aromatic carbocycles. The standard InChI is InChI=1S/C6H12O/c1-5(2)6(3,4)7-5/h1-4H3/p+1. The lowest BCUT2D eigenvalue weighted by molar-refractivity contribution is 0.108. The molecule has 7 heavy (non-hydrogen) atoms. The van der Waals surface area contributed by atoms with E-state index in [4.69, 9.17) is 0 Å². The van der Waals surface area contributed by atoms with Gasteiger partial charge in [0.15, 0.2) is 0 Å². The molecule has 1 heteroatoms. The Bertz CT molecular complexity index is 80.4. The molecule has 0 bridgehead atoms. The van der Waals surface area contributed by atoms with Crippen molar-refractivity contribution in [1.82, 2.24) is 0 Å². The molecule has 0 radical (unpaired) electrons. The van der Waals surface area contributed by atoms with Gasteiger partial charge < -0.3 is 4.74 Å². The molecule has 0 aliphatic carbocycles. The molecule has 0 unspecified atom stereocenters. The topological polar surface area (TPSA) is 12.8 Å². The Kier molecular flexibility index (Phi) is 0.636. The van der Waals surface area contributed by atoms with Crippen LogP contribution in [0.4, 0.5) is 0 Å². The minimum Gasteiger partial charge on any atom is -0.413 e. The van der Waals surface area contributed by atoms with Crippen LogP contribution in [0.1, 0.15) is 27.7 Å². The second kappa shape index (κ2) is 0.873. The molecule has 0 saturated carbocycles. The number of hydrogen-bond acceptors (Lipinski definition) is 0. The maximum atomic E-state index is 4.32. The molecule has 0 aromatic rings. The highest BCUT2D eigenvalue weighted by Gasteiger charge is 2.65. The fourth-order valence-electron chi connectivity index (χ4n) is 0.671. The lowest BCUT2D eigenvalue weighted by Crippen LogP contribution is -2.10. The monoisotopic (exact) mass is 101 g/mol. The molecule has 0 aromatic heterocycles. The molecular weight excluding hydrogens is 88.1 g/mol. The number of rotatable bonds is 0. The Labute approximate surface area is 44.7 Å². The predicted octanol–water partition coefficient (Wildman–Crippen LogP) is 1.09. The molecule has 1 aliphatic heterocycles. The second-order valence-corrected chi connectivity index (χ2v) is 3.23. The quantitative estimate of drug-likeness (QED) is 0.320. The van der Waals surface area contributed by atoms with Crippen LogP contribution in [0.5, 0.6) is 0 Å². The van der Waals surface area contributed by atoms with Gasteiger partial charge >= 0.3 is 0 Å². The summed E-state index contributed by atoms with van der Waals surface area (Å²) in [6.07, 6.45) is 0. The van der Waals surface area contributed by atoms with Gasteiger partial charge in [0.2, 0.25) is 11.2 Å². The molecule has 1 aliphatic rings. The third-order valence-electron chi connectivity index (χ3n) is 2.01. The first-order valence-electron chi connectivity index (χ1n) is 2.70. The van der Waals surface area contributed by atoms with E-state index < -0.39 is 0 Å². The number of ether oxygens (including phenoxy) is 1. The molecule has 1 nitrogen and oxygen atoms in total. The maximum absolute atomic E-state index is 4.32. The van der Waals surface area contributed by atoms with E-state index in [1.54, 1.807) is 0 Å². The zero-order valence-corrected chi connectivity index (χ0v) is 5.45. The van der Waals surface area contributed by atoms with Crippen LogP contribution in [0.25, 0.3) is 0 Å². The molecule has 1 fully saturated rings. The highest BCUT2D eigenvalue weighted by molar-refractivity contribution is 5.01. The highest BCUT2D eigenvalue weighted by Crippen LogP contribution is 2.42. The van der Waals surface area contributed by atoms with Crippen LogP contribution in [-0.2, 0) is 0 Å². The van der Waals surface area contributed by atoms with Gasteiger partial charge in [0.25, 0.3) is 0 Å². The summed E-state index contributed by atoms with van der Waals surface area (Å²) in [5.74, 6) is 0. The van der Waals surface area contributed by atoms with Crippen LogP contribution >= 0.6 is 0 Å². The van der Waals surface area contributed by atoms with Gasteiger partial charge in [-0.3, -0.25) is 0 Å².